The first-order valence-corrected chi connectivity index (χ1v) is 7.44. The van der Waals surface area contributed by atoms with E-state index in [2.05, 4.69) is 22.2 Å². The zero-order valence-electron chi connectivity index (χ0n) is 12.8. The van der Waals surface area contributed by atoms with Crippen molar-refractivity contribution in [2.75, 3.05) is 0 Å². The van der Waals surface area contributed by atoms with Crippen LogP contribution in [0.1, 0.15) is 29.3 Å². The Morgan fingerprint density at radius 2 is 1.74 bits per heavy atom. The molecule has 2 aromatic carbocycles. The Labute approximate surface area is 134 Å². The van der Waals surface area contributed by atoms with Gasteiger partial charge in [0.25, 0.3) is 5.91 Å². The van der Waals surface area contributed by atoms with Crippen molar-refractivity contribution in [1.29, 1.82) is 0 Å². The van der Waals surface area contributed by atoms with Crippen molar-refractivity contribution in [2.45, 2.75) is 32.4 Å². The van der Waals surface area contributed by atoms with Crippen LogP contribution in [0.3, 0.4) is 0 Å². The highest BCUT2D eigenvalue weighted by atomic mass is 19.3. The Balaban J connectivity index is 1.83. The zero-order chi connectivity index (χ0) is 16.7. The highest BCUT2D eigenvalue weighted by molar-refractivity contribution is 5.94. The van der Waals surface area contributed by atoms with Gasteiger partial charge < -0.3 is 10.1 Å². The van der Waals surface area contributed by atoms with Gasteiger partial charge in [-0.05, 0) is 49.6 Å². The molecule has 122 valence electrons. The van der Waals surface area contributed by atoms with Gasteiger partial charge in [-0.2, -0.15) is 8.78 Å². The standard InChI is InChI=1S/C18H19F2NO2/c1-13(7-8-14-5-3-2-4-6-14)21-17(22)15-9-11-16(12-10-15)23-18(19)20/h2-6,9-13,18H,7-8H2,1H3,(H,21,22)/t13-/m0/s1. The third-order valence-corrected chi connectivity index (χ3v) is 3.43. The molecule has 1 atom stereocenters. The molecule has 3 nitrogen and oxygen atoms in total. The summed E-state index contributed by atoms with van der Waals surface area (Å²) in [5.74, 6) is -0.192. The number of nitrogens with one attached hydrogen (secondary N) is 1. The second kappa shape index (κ2) is 8.27. The average Bonchev–Trinajstić information content (AvgIpc) is 2.54. The highest BCUT2D eigenvalue weighted by Gasteiger charge is 2.11. The molecule has 0 saturated carbocycles. The smallest absolute Gasteiger partial charge is 0.387 e. The van der Waals surface area contributed by atoms with Crippen molar-refractivity contribution in [3.63, 3.8) is 0 Å². The van der Waals surface area contributed by atoms with E-state index >= 15 is 0 Å². The van der Waals surface area contributed by atoms with Crippen LogP contribution in [0.5, 0.6) is 5.75 Å². The maximum absolute atomic E-state index is 12.1. The normalized spacial score (nSPS) is 12.0. The third kappa shape index (κ3) is 5.70. The van der Waals surface area contributed by atoms with Gasteiger partial charge in [-0.25, -0.2) is 0 Å². The van der Waals surface area contributed by atoms with Gasteiger partial charge in [0.15, 0.2) is 0 Å². The summed E-state index contributed by atoms with van der Waals surface area (Å²) in [6.07, 6.45) is 1.70. The fourth-order valence-electron chi connectivity index (χ4n) is 2.19. The van der Waals surface area contributed by atoms with Crippen molar-refractivity contribution in [1.82, 2.24) is 5.32 Å². The number of ether oxygens (including phenoxy) is 1. The maximum atomic E-state index is 12.1. The van der Waals surface area contributed by atoms with Crippen LogP contribution < -0.4 is 10.1 Å². The number of alkyl halides is 2. The van der Waals surface area contributed by atoms with Gasteiger partial charge in [-0.15, -0.1) is 0 Å². The second-order valence-electron chi connectivity index (χ2n) is 5.30. The third-order valence-electron chi connectivity index (χ3n) is 3.43. The van der Waals surface area contributed by atoms with Gasteiger partial charge in [0.2, 0.25) is 0 Å². The molecule has 1 N–H and O–H groups in total. The van der Waals surface area contributed by atoms with Gasteiger partial charge in [-0.1, -0.05) is 30.3 Å². The van der Waals surface area contributed by atoms with Crippen LogP contribution in [0.4, 0.5) is 8.78 Å². The number of amides is 1. The summed E-state index contributed by atoms with van der Waals surface area (Å²) in [5, 5.41) is 2.90. The lowest BCUT2D eigenvalue weighted by Gasteiger charge is -2.14. The molecule has 2 rings (SSSR count). The monoisotopic (exact) mass is 319 g/mol. The topological polar surface area (TPSA) is 38.3 Å². The Kier molecular flexibility index (Phi) is 6.09. The molecule has 0 unspecified atom stereocenters. The number of hydrogen-bond acceptors (Lipinski definition) is 2. The Morgan fingerprint density at radius 3 is 2.35 bits per heavy atom. The summed E-state index contributed by atoms with van der Waals surface area (Å²) in [5.41, 5.74) is 1.64. The van der Waals surface area contributed by atoms with E-state index in [0.29, 0.717) is 5.56 Å². The minimum absolute atomic E-state index is 0.0136. The van der Waals surface area contributed by atoms with E-state index in [-0.39, 0.29) is 17.7 Å². The van der Waals surface area contributed by atoms with Crippen molar-refractivity contribution in [3.05, 3.63) is 65.7 Å². The largest absolute Gasteiger partial charge is 0.435 e. The number of benzene rings is 2. The average molecular weight is 319 g/mol. The van der Waals surface area contributed by atoms with Gasteiger partial charge >= 0.3 is 6.61 Å². The lowest BCUT2D eigenvalue weighted by Crippen LogP contribution is -2.32. The number of rotatable bonds is 7. The van der Waals surface area contributed by atoms with E-state index in [4.69, 9.17) is 0 Å². The molecule has 0 fully saturated rings. The van der Waals surface area contributed by atoms with Gasteiger partial charge in [-0.3, -0.25) is 4.79 Å². The number of halogens is 2. The molecule has 0 aliphatic carbocycles. The van der Waals surface area contributed by atoms with Gasteiger partial charge in [0, 0.05) is 11.6 Å². The van der Waals surface area contributed by atoms with E-state index in [1.54, 1.807) is 0 Å². The molecule has 0 aliphatic heterocycles. The SMILES string of the molecule is C[C@@H](CCc1ccccc1)NC(=O)c1ccc(OC(F)F)cc1. The predicted octanol–water partition coefficient (Wildman–Crippen LogP) is 4.04. The van der Waals surface area contributed by atoms with Crippen LogP contribution >= 0.6 is 0 Å². The second-order valence-corrected chi connectivity index (χ2v) is 5.30. The minimum atomic E-state index is -2.87. The molecule has 0 spiro atoms. The fraction of sp³-hybridized carbons (Fsp3) is 0.278. The molecule has 0 aliphatic rings. The van der Waals surface area contributed by atoms with E-state index < -0.39 is 6.61 Å². The van der Waals surface area contributed by atoms with Crippen LogP contribution in [-0.2, 0) is 6.42 Å². The van der Waals surface area contributed by atoms with Crippen LogP contribution in [0.25, 0.3) is 0 Å². The quantitative estimate of drug-likeness (QED) is 0.836. The molecule has 0 heterocycles. The zero-order valence-corrected chi connectivity index (χ0v) is 12.8. The first-order chi connectivity index (χ1) is 11.0. The Hall–Kier alpha value is -2.43. The van der Waals surface area contributed by atoms with Crippen molar-refractivity contribution in [3.8, 4) is 5.75 Å². The fourth-order valence-corrected chi connectivity index (χ4v) is 2.19. The lowest BCUT2D eigenvalue weighted by atomic mass is 10.1. The molecular formula is C18H19F2NO2. The van der Waals surface area contributed by atoms with E-state index in [1.165, 1.54) is 29.8 Å². The number of carbonyl (C=O) groups excluding carboxylic acids is 1. The van der Waals surface area contributed by atoms with Gasteiger partial charge in [0.05, 0.1) is 0 Å². The Morgan fingerprint density at radius 1 is 1.09 bits per heavy atom. The number of carbonyl (C=O) groups is 1. The van der Waals surface area contributed by atoms with Crippen molar-refractivity contribution in [2.24, 2.45) is 0 Å². The summed E-state index contributed by atoms with van der Waals surface area (Å²) in [7, 11) is 0. The summed E-state index contributed by atoms with van der Waals surface area (Å²) in [4.78, 5) is 12.1. The van der Waals surface area contributed by atoms with Crippen LogP contribution in [0.15, 0.2) is 54.6 Å². The molecule has 0 saturated heterocycles. The predicted molar refractivity (Wildman–Crippen MR) is 84.8 cm³/mol. The number of hydrogen-bond donors (Lipinski definition) is 1. The number of aryl methyl sites for hydroxylation is 1. The molecular weight excluding hydrogens is 300 g/mol. The molecule has 0 bridgehead atoms. The van der Waals surface area contributed by atoms with E-state index in [1.807, 2.05) is 25.1 Å². The maximum Gasteiger partial charge on any atom is 0.387 e. The van der Waals surface area contributed by atoms with Crippen LogP contribution in [0.2, 0.25) is 0 Å². The van der Waals surface area contributed by atoms with Gasteiger partial charge in [0.1, 0.15) is 5.75 Å². The van der Waals surface area contributed by atoms with E-state index in [0.717, 1.165) is 12.8 Å². The molecule has 1 amide bonds. The van der Waals surface area contributed by atoms with E-state index in [9.17, 15) is 13.6 Å². The first kappa shape index (κ1) is 16.9. The lowest BCUT2D eigenvalue weighted by molar-refractivity contribution is -0.0498. The summed E-state index contributed by atoms with van der Waals surface area (Å²) in [6, 6.07) is 15.7. The molecule has 0 radical (unpaired) electrons. The van der Waals surface area contributed by atoms with Crippen molar-refractivity contribution < 1.29 is 18.3 Å². The molecule has 2 aromatic rings. The molecule has 5 heteroatoms. The molecule has 0 aromatic heterocycles. The van der Waals surface area contributed by atoms with Crippen LogP contribution in [0, 0.1) is 0 Å². The highest BCUT2D eigenvalue weighted by Crippen LogP contribution is 2.15. The first-order valence-electron chi connectivity index (χ1n) is 7.44. The molecule has 23 heavy (non-hydrogen) atoms. The Bertz CT molecular complexity index is 615. The van der Waals surface area contributed by atoms with Crippen molar-refractivity contribution >= 4 is 5.91 Å². The minimum Gasteiger partial charge on any atom is -0.435 e. The van der Waals surface area contributed by atoms with Crippen LogP contribution in [-0.4, -0.2) is 18.6 Å². The summed E-state index contributed by atoms with van der Waals surface area (Å²) >= 11 is 0. The summed E-state index contributed by atoms with van der Waals surface area (Å²) < 4.78 is 28.4. The summed E-state index contributed by atoms with van der Waals surface area (Å²) in [6.45, 7) is -0.928.